The summed E-state index contributed by atoms with van der Waals surface area (Å²) >= 11 is 6.21. The Labute approximate surface area is 132 Å². The molecule has 2 rings (SSSR count). The molecule has 118 valence electrons. The van der Waals surface area contributed by atoms with Crippen LogP contribution in [-0.4, -0.2) is 55.5 Å². The number of benzene rings is 1. The van der Waals surface area contributed by atoms with Crippen molar-refractivity contribution in [1.29, 1.82) is 0 Å². The van der Waals surface area contributed by atoms with Gasteiger partial charge < -0.3 is 15.2 Å². The van der Waals surface area contributed by atoms with Gasteiger partial charge in [-0.05, 0) is 37.6 Å². The van der Waals surface area contributed by atoms with Gasteiger partial charge in [-0.2, -0.15) is 0 Å². The second kappa shape index (κ2) is 9.38. The van der Waals surface area contributed by atoms with Crippen LogP contribution in [0.4, 0.5) is 0 Å². The lowest BCUT2D eigenvalue weighted by atomic mass is 10.0. The molecule has 1 aliphatic rings. The van der Waals surface area contributed by atoms with Crippen molar-refractivity contribution < 1.29 is 9.84 Å². The number of hydrogen-bond acceptors (Lipinski definition) is 4. The molecule has 1 saturated heterocycles. The second-order valence-electron chi connectivity index (χ2n) is 5.43. The van der Waals surface area contributed by atoms with E-state index in [0.29, 0.717) is 19.3 Å². The molecule has 0 amide bonds. The first kappa shape index (κ1) is 16.7. The van der Waals surface area contributed by atoms with E-state index in [1.165, 1.54) is 5.56 Å². The van der Waals surface area contributed by atoms with Crippen LogP contribution in [0, 0.1) is 0 Å². The van der Waals surface area contributed by atoms with Crippen molar-refractivity contribution >= 4 is 11.6 Å². The zero-order chi connectivity index (χ0) is 14.9. The first-order valence-electron chi connectivity index (χ1n) is 7.67. The molecule has 0 unspecified atom stereocenters. The Kier molecular flexibility index (Phi) is 7.47. The normalized spacial score (nSPS) is 17.2. The summed E-state index contributed by atoms with van der Waals surface area (Å²) in [5.41, 5.74) is 1.21. The molecule has 21 heavy (non-hydrogen) atoms. The maximum absolute atomic E-state index is 8.62. The molecule has 5 heteroatoms. The van der Waals surface area contributed by atoms with Gasteiger partial charge in [-0.3, -0.25) is 4.90 Å². The quantitative estimate of drug-likeness (QED) is 0.720. The minimum atomic E-state index is 0.0977. The van der Waals surface area contributed by atoms with Crippen molar-refractivity contribution in [1.82, 2.24) is 10.2 Å². The van der Waals surface area contributed by atoms with Crippen LogP contribution in [0.3, 0.4) is 0 Å². The van der Waals surface area contributed by atoms with Crippen LogP contribution in [0.2, 0.25) is 5.02 Å². The summed E-state index contributed by atoms with van der Waals surface area (Å²) in [6, 6.07) is 8.65. The molecule has 0 radical (unpaired) electrons. The van der Waals surface area contributed by atoms with Crippen molar-refractivity contribution in [3.05, 3.63) is 34.9 Å². The molecule has 1 heterocycles. The summed E-state index contributed by atoms with van der Waals surface area (Å²) in [7, 11) is 0. The van der Waals surface area contributed by atoms with E-state index in [2.05, 4.69) is 16.3 Å². The minimum Gasteiger partial charge on any atom is -0.394 e. The minimum absolute atomic E-state index is 0.0977. The van der Waals surface area contributed by atoms with E-state index in [1.807, 2.05) is 18.2 Å². The summed E-state index contributed by atoms with van der Waals surface area (Å²) in [5, 5.41) is 13.0. The summed E-state index contributed by atoms with van der Waals surface area (Å²) in [6.07, 6.45) is 2.31. The number of hydrogen-bond donors (Lipinski definition) is 2. The Morgan fingerprint density at radius 1 is 1.24 bits per heavy atom. The van der Waals surface area contributed by atoms with Gasteiger partial charge in [0.05, 0.1) is 19.8 Å². The fourth-order valence-electron chi connectivity index (χ4n) is 2.66. The smallest absolute Gasteiger partial charge is 0.0698 e. The highest BCUT2D eigenvalue weighted by molar-refractivity contribution is 6.31. The highest BCUT2D eigenvalue weighted by atomic mass is 35.5. The lowest BCUT2D eigenvalue weighted by Crippen LogP contribution is -2.43. The molecule has 0 bridgehead atoms. The summed E-state index contributed by atoms with van der Waals surface area (Å²) in [4.78, 5) is 2.46. The van der Waals surface area contributed by atoms with Crippen LogP contribution in [0.25, 0.3) is 0 Å². The summed E-state index contributed by atoms with van der Waals surface area (Å²) in [6.45, 7) is 5.18. The number of aliphatic hydroxyl groups is 1. The molecule has 0 aliphatic carbocycles. The van der Waals surface area contributed by atoms with Gasteiger partial charge in [-0.15, -0.1) is 0 Å². The van der Waals surface area contributed by atoms with Crippen LogP contribution in [0.15, 0.2) is 24.3 Å². The van der Waals surface area contributed by atoms with Crippen LogP contribution in [-0.2, 0) is 11.3 Å². The van der Waals surface area contributed by atoms with Crippen molar-refractivity contribution in [3.8, 4) is 0 Å². The number of nitrogens with one attached hydrogen (secondary N) is 1. The topological polar surface area (TPSA) is 44.7 Å². The second-order valence-corrected chi connectivity index (χ2v) is 5.84. The highest BCUT2D eigenvalue weighted by Gasteiger charge is 2.19. The molecule has 1 aromatic rings. The van der Waals surface area contributed by atoms with Crippen LogP contribution >= 0.6 is 11.6 Å². The first-order chi connectivity index (χ1) is 10.3. The molecule has 0 spiro atoms. The van der Waals surface area contributed by atoms with E-state index in [-0.39, 0.29) is 6.61 Å². The summed E-state index contributed by atoms with van der Waals surface area (Å²) < 4.78 is 5.25. The maximum atomic E-state index is 8.62. The maximum Gasteiger partial charge on any atom is 0.0698 e. The van der Waals surface area contributed by atoms with Crippen molar-refractivity contribution in [3.63, 3.8) is 0 Å². The van der Waals surface area contributed by atoms with E-state index >= 15 is 0 Å². The lowest BCUT2D eigenvalue weighted by Gasteiger charge is -2.32. The van der Waals surface area contributed by atoms with Crippen molar-refractivity contribution in [2.45, 2.75) is 25.4 Å². The van der Waals surface area contributed by atoms with Gasteiger partial charge in [0.15, 0.2) is 0 Å². The van der Waals surface area contributed by atoms with E-state index in [9.17, 15) is 0 Å². The van der Waals surface area contributed by atoms with Gasteiger partial charge in [-0.25, -0.2) is 0 Å². The van der Waals surface area contributed by atoms with Crippen molar-refractivity contribution in [2.75, 3.05) is 39.5 Å². The van der Waals surface area contributed by atoms with E-state index < -0.39 is 0 Å². The Morgan fingerprint density at radius 2 is 2.00 bits per heavy atom. The van der Waals surface area contributed by atoms with Gasteiger partial charge in [0.1, 0.15) is 0 Å². The molecule has 1 fully saturated rings. The molecule has 1 aromatic carbocycles. The molecule has 4 nitrogen and oxygen atoms in total. The molecule has 0 atom stereocenters. The fourth-order valence-corrected chi connectivity index (χ4v) is 2.86. The zero-order valence-electron chi connectivity index (χ0n) is 12.4. The molecular formula is C16H25ClN2O2. The van der Waals surface area contributed by atoms with Crippen LogP contribution in [0.5, 0.6) is 0 Å². The molecule has 2 N–H and O–H groups in total. The number of likely N-dealkylation sites (tertiary alicyclic amines) is 1. The summed E-state index contributed by atoms with van der Waals surface area (Å²) in [5.74, 6) is 0. The van der Waals surface area contributed by atoms with E-state index in [0.717, 1.165) is 44.0 Å². The number of nitrogens with zero attached hydrogens (tertiary/aromatic N) is 1. The Morgan fingerprint density at radius 3 is 2.71 bits per heavy atom. The predicted octanol–water partition coefficient (Wildman–Crippen LogP) is 1.90. The third-order valence-corrected chi connectivity index (χ3v) is 4.22. The first-order valence-corrected chi connectivity index (χ1v) is 8.05. The van der Waals surface area contributed by atoms with Gasteiger partial charge in [-0.1, -0.05) is 29.8 Å². The third-order valence-electron chi connectivity index (χ3n) is 3.85. The largest absolute Gasteiger partial charge is 0.394 e. The number of piperidine rings is 1. The van der Waals surface area contributed by atoms with Crippen LogP contribution < -0.4 is 5.32 Å². The highest BCUT2D eigenvalue weighted by Crippen LogP contribution is 2.19. The molecular weight excluding hydrogens is 288 g/mol. The van der Waals surface area contributed by atoms with Gasteiger partial charge >= 0.3 is 0 Å². The van der Waals surface area contributed by atoms with Crippen LogP contribution in [0.1, 0.15) is 18.4 Å². The zero-order valence-corrected chi connectivity index (χ0v) is 13.2. The molecule has 1 aliphatic heterocycles. The number of halogens is 1. The Balaban J connectivity index is 1.63. The number of rotatable bonds is 8. The van der Waals surface area contributed by atoms with Crippen molar-refractivity contribution in [2.24, 2.45) is 0 Å². The standard InChI is InChI=1S/C16H25ClN2O2/c17-16-4-2-1-3-14(16)13-19-8-5-15(6-9-19)18-7-11-21-12-10-20/h1-4,15,18,20H,5-13H2. The molecule has 0 saturated carbocycles. The monoisotopic (exact) mass is 312 g/mol. The molecule has 0 aromatic heterocycles. The number of ether oxygens (including phenoxy) is 1. The number of aliphatic hydroxyl groups excluding tert-OH is 1. The lowest BCUT2D eigenvalue weighted by molar-refractivity contribution is 0.0901. The van der Waals surface area contributed by atoms with Gasteiger partial charge in [0, 0.05) is 24.2 Å². The fraction of sp³-hybridized carbons (Fsp3) is 0.625. The Bertz CT molecular complexity index is 409. The average molecular weight is 313 g/mol. The average Bonchev–Trinajstić information content (AvgIpc) is 2.51. The van der Waals surface area contributed by atoms with Gasteiger partial charge in [0.2, 0.25) is 0 Å². The Hall–Kier alpha value is -0.650. The van der Waals surface area contributed by atoms with E-state index in [4.69, 9.17) is 21.4 Å². The predicted molar refractivity (Wildman–Crippen MR) is 85.7 cm³/mol. The van der Waals surface area contributed by atoms with Gasteiger partial charge in [0.25, 0.3) is 0 Å². The third kappa shape index (κ3) is 5.93. The SMILES string of the molecule is OCCOCCNC1CCN(Cc2ccccc2Cl)CC1. The van der Waals surface area contributed by atoms with E-state index in [1.54, 1.807) is 0 Å².